The van der Waals surface area contributed by atoms with Gasteiger partial charge in [0.1, 0.15) is 0 Å². The van der Waals surface area contributed by atoms with Crippen molar-refractivity contribution >= 4 is 10.0 Å². The third-order valence-corrected chi connectivity index (χ3v) is 5.35. The van der Waals surface area contributed by atoms with E-state index in [0.29, 0.717) is 12.6 Å². The Morgan fingerprint density at radius 2 is 1.73 bits per heavy atom. The predicted octanol–water partition coefficient (Wildman–Crippen LogP) is 1.50. The van der Waals surface area contributed by atoms with Gasteiger partial charge in [-0.25, -0.2) is 13.6 Å². The summed E-state index contributed by atoms with van der Waals surface area (Å²) in [6.07, 6.45) is 7.14. The Morgan fingerprint density at radius 1 is 1.09 bits per heavy atom. The van der Waals surface area contributed by atoms with E-state index in [9.17, 15) is 13.5 Å². The molecule has 6 heteroatoms. The van der Waals surface area contributed by atoms with E-state index >= 15 is 0 Å². The second-order valence-corrected chi connectivity index (χ2v) is 7.55. The highest BCUT2D eigenvalue weighted by molar-refractivity contribution is 7.89. The summed E-state index contributed by atoms with van der Waals surface area (Å²) in [4.78, 5) is 2.52. The Bertz CT molecular complexity index is 551. The van der Waals surface area contributed by atoms with Crippen molar-refractivity contribution in [2.75, 3.05) is 19.7 Å². The summed E-state index contributed by atoms with van der Waals surface area (Å²) in [6, 6.07) is 7.32. The van der Waals surface area contributed by atoms with Gasteiger partial charge in [0.05, 0.1) is 11.5 Å². The molecule has 1 fully saturated rings. The summed E-state index contributed by atoms with van der Waals surface area (Å²) in [7, 11) is -3.62. The van der Waals surface area contributed by atoms with Gasteiger partial charge in [0.15, 0.2) is 0 Å². The molecule has 5 nitrogen and oxygen atoms in total. The molecule has 0 amide bonds. The first-order valence-corrected chi connectivity index (χ1v) is 9.52. The summed E-state index contributed by atoms with van der Waals surface area (Å²) in [5.41, 5.74) is 1.09. The van der Waals surface area contributed by atoms with E-state index < -0.39 is 10.0 Å². The van der Waals surface area contributed by atoms with Crippen LogP contribution in [0.4, 0.5) is 0 Å². The van der Waals surface area contributed by atoms with E-state index in [4.69, 9.17) is 5.14 Å². The van der Waals surface area contributed by atoms with Gasteiger partial charge >= 0.3 is 0 Å². The second kappa shape index (κ2) is 8.06. The molecule has 1 aromatic carbocycles. The lowest BCUT2D eigenvalue weighted by Crippen LogP contribution is -2.40. The minimum Gasteiger partial charge on any atom is -0.395 e. The second-order valence-electron chi connectivity index (χ2n) is 5.99. The van der Waals surface area contributed by atoms with Crippen LogP contribution in [0.25, 0.3) is 0 Å². The molecule has 124 valence electrons. The molecule has 0 spiro atoms. The molecule has 0 atom stereocenters. The molecule has 1 aliphatic rings. The molecule has 0 aromatic heterocycles. The van der Waals surface area contributed by atoms with E-state index in [1.807, 2.05) is 12.1 Å². The number of rotatable bonds is 7. The van der Waals surface area contributed by atoms with Crippen LogP contribution < -0.4 is 5.14 Å². The van der Waals surface area contributed by atoms with Gasteiger partial charge in [-0.2, -0.15) is 0 Å². The van der Waals surface area contributed by atoms with Crippen LogP contribution in [0.5, 0.6) is 0 Å². The molecule has 0 heterocycles. The third kappa shape index (κ3) is 5.05. The summed E-state index contributed by atoms with van der Waals surface area (Å²) in [5.74, 6) is 0. The normalized spacial score (nSPS) is 17.0. The Kier molecular flexibility index (Phi) is 6.37. The number of nitrogens with two attached hydrogens (primary N) is 1. The van der Waals surface area contributed by atoms with E-state index in [-0.39, 0.29) is 11.5 Å². The molecule has 0 radical (unpaired) electrons. The first-order chi connectivity index (χ1) is 10.5. The molecule has 0 saturated heterocycles. The Morgan fingerprint density at radius 3 is 2.27 bits per heavy atom. The van der Waals surface area contributed by atoms with Crippen molar-refractivity contribution in [3.05, 3.63) is 29.8 Å². The average molecular weight is 326 g/mol. The monoisotopic (exact) mass is 326 g/mol. The average Bonchev–Trinajstić information content (AvgIpc) is 2.52. The van der Waals surface area contributed by atoms with E-state index in [1.54, 1.807) is 12.1 Å². The minimum absolute atomic E-state index is 0.149. The number of nitrogens with zero attached hydrogens (tertiary/aromatic N) is 1. The van der Waals surface area contributed by atoms with Crippen molar-refractivity contribution in [2.45, 2.75) is 49.5 Å². The lowest BCUT2D eigenvalue weighted by Gasteiger charge is -2.34. The maximum Gasteiger partial charge on any atom is 0.238 e. The van der Waals surface area contributed by atoms with Crippen LogP contribution in [0.1, 0.15) is 37.7 Å². The molecule has 0 unspecified atom stereocenters. The smallest absolute Gasteiger partial charge is 0.238 e. The largest absolute Gasteiger partial charge is 0.395 e. The van der Waals surface area contributed by atoms with Gasteiger partial charge in [0.2, 0.25) is 10.0 Å². The van der Waals surface area contributed by atoms with Crippen molar-refractivity contribution in [3.8, 4) is 0 Å². The maximum absolute atomic E-state index is 11.2. The standard InChI is InChI=1S/C16H26N2O3S/c17-22(20,21)16-8-6-14(7-9-16)10-11-18(12-13-19)15-4-2-1-3-5-15/h6-9,15,19H,1-5,10-13H2,(H2,17,20,21). The van der Waals surface area contributed by atoms with Crippen LogP contribution >= 0.6 is 0 Å². The van der Waals surface area contributed by atoms with Crippen LogP contribution in [0, 0.1) is 0 Å². The van der Waals surface area contributed by atoms with Gasteiger partial charge in [-0.05, 0) is 37.0 Å². The molecule has 2 rings (SSSR count). The van der Waals surface area contributed by atoms with Gasteiger partial charge in [-0.3, -0.25) is 4.90 Å². The first-order valence-electron chi connectivity index (χ1n) is 7.97. The minimum atomic E-state index is -3.62. The summed E-state index contributed by atoms with van der Waals surface area (Å²) < 4.78 is 22.5. The van der Waals surface area contributed by atoms with E-state index in [2.05, 4.69) is 4.90 Å². The molecule has 0 bridgehead atoms. The van der Waals surface area contributed by atoms with Crippen molar-refractivity contribution in [2.24, 2.45) is 5.14 Å². The van der Waals surface area contributed by atoms with Crippen molar-refractivity contribution in [1.82, 2.24) is 4.90 Å². The Balaban J connectivity index is 1.93. The molecule has 0 aliphatic heterocycles. The van der Waals surface area contributed by atoms with E-state index in [1.165, 1.54) is 32.1 Å². The fraction of sp³-hybridized carbons (Fsp3) is 0.625. The number of aliphatic hydroxyl groups excluding tert-OH is 1. The summed E-state index contributed by atoms with van der Waals surface area (Å²) in [6.45, 7) is 1.78. The van der Waals surface area contributed by atoms with Crippen LogP contribution in [0.2, 0.25) is 0 Å². The highest BCUT2D eigenvalue weighted by Crippen LogP contribution is 2.22. The maximum atomic E-state index is 11.2. The van der Waals surface area contributed by atoms with Crippen LogP contribution in [-0.2, 0) is 16.4 Å². The van der Waals surface area contributed by atoms with E-state index in [0.717, 1.165) is 18.5 Å². The van der Waals surface area contributed by atoms with Gasteiger partial charge < -0.3 is 5.11 Å². The zero-order valence-electron chi connectivity index (χ0n) is 12.9. The molecule has 3 N–H and O–H groups in total. The van der Waals surface area contributed by atoms with Gasteiger partial charge in [-0.15, -0.1) is 0 Å². The number of hydrogen-bond acceptors (Lipinski definition) is 4. The lowest BCUT2D eigenvalue weighted by atomic mass is 9.94. The molecular weight excluding hydrogens is 300 g/mol. The zero-order valence-corrected chi connectivity index (χ0v) is 13.8. The number of aliphatic hydroxyl groups is 1. The molecule has 1 saturated carbocycles. The van der Waals surface area contributed by atoms with Gasteiger partial charge in [0, 0.05) is 19.1 Å². The van der Waals surface area contributed by atoms with Crippen molar-refractivity contribution in [3.63, 3.8) is 0 Å². The zero-order chi connectivity index (χ0) is 16.0. The van der Waals surface area contributed by atoms with Crippen molar-refractivity contribution < 1.29 is 13.5 Å². The number of sulfonamides is 1. The molecule has 22 heavy (non-hydrogen) atoms. The highest BCUT2D eigenvalue weighted by Gasteiger charge is 2.20. The van der Waals surface area contributed by atoms with Gasteiger partial charge in [-0.1, -0.05) is 31.4 Å². The first kappa shape index (κ1) is 17.4. The topological polar surface area (TPSA) is 83.6 Å². The summed E-state index contributed by atoms with van der Waals surface area (Å²) >= 11 is 0. The van der Waals surface area contributed by atoms with Gasteiger partial charge in [0.25, 0.3) is 0 Å². The summed E-state index contributed by atoms with van der Waals surface area (Å²) in [5, 5.41) is 14.4. The van der Waals surface area contributed by atoms with Crippen LogP contribution in [0.15, 0.2) is 29.2 Å². The molecule has 1 aromatic rings. The quantitative estimate of drug-likeness (QED) is 0.795. The highest BCUT2D eigenvalue weighted by atomic mass is 32.2. The van der Waals surface area contributed by atoms with Crippen LogP contribution in [0.3, 0.4) is 0 Å². The molecular formula is C16H26N2O3S. The third-order valence-electron chi connectivity index (χ3n) is 4.42. The number of benzene rings is 1. The predicted molar refractivity (Wildman–Crippen MR) is 87.1 cm³/mol. The van der Waals surface area contributed by atoms with Crippen molar-refractivity contribution in [1.29, 1.82) is 0 Å². The number of primary sulfonamides is 1. The fourth-order valence-corrected chi connectivity index (χ4v) is 3.69. The SMILES string of the molecule is NS(=O)(=O)c1ccc(CCN(CCO)C2CCCCC2)cc1. The molecule has 1 aliphatic carbocycles. The Labute approximate surface area is 133 Å². The van der Waals surface area contributed by atoms with Crippen LogP contribution in [-0.4, -0.2) is 44.2 Å². The number of hydrogen-bond donors (Lipinski definition) is 2. The Hall–Kier alpha value is -0.950. The lowest BCUT2D eigenvalue weighted by molar-refractivity contribution is 0.125. The fourth-order valence-electron chi connectivity index (χ4n) is 3.17.